The summed E-state index contributed by atoms with van der Waals surface area (Å²) < 4.78 is 16.0. The van der Waals surface area contributed by atoms with E-state index in [9.17, 15) is 18.8 Å². The Balaban J connectivity index is 2.33. The van der Waals surface area contributed by atoms with Crippen LogP contribution in [0.5, 0.6) is 0 Å². The minimum atomic E-state index is -0.730. The summed E-state index contributed by atoms with van der Waals surface area (Å²) in [4.78, 5) is 37.9. The highest BCUT2D eigenvalue weighted by atomic mass is 35.5. The maximum Gasteiger partial charge on any atom is 0.332 e. The summed E-state index contributed by atoms with van der Waals surface area (Å²) in [6.45, 7) is 2.21. The van der Waals surface area contributed by atoms with E-state index in [0.717, 1.165) is 4.57 Å². The number of nitrogen functional groups attached to an aromatic ring is 1. The number of quaternary nitrogens is 1. The molecule has 0 bridgehead atoms. The number of nitrogens with one attached hydrogen (secondary N) is 1. The van der Waals surface area contributed by atoms with Gasteiger partial charge in [0.05, 0.1) is 17.6 Å². The van der Waals surface area contributed by atoms with Crippen LogP contribution < -0.4 is 21.9 Å². The minimum absolute atomic E-state index is 0.103. The van der Waals surface area contributed by atoms with Gasteiger partial charge in [0.15, 0.2) is 0 Å². The van der Waals surface area contributed by atoms with Crippen molar-refractivity contribution in [2.24, 2.45) is 7.05 Å². The van der Waals surface area contributed by atoms with Crippen LogP contribution in [0, 0.1) is 5.82 Å². The first-order valence-electron chi connectivity index (χ1n) is 8.55. The number of nitrogens with two attached hydrogens (primary N) is 1. The zero-order valence-corrected chi connectivity index (χ0v) is 16.3. The van der Waals surface area contributed by atoms with Crippen LogP contribution in [0.1, 0.15) is 29.3 Å². The van der Waals surface area contributed by atoms with Crippen molar-refractivity contribution in [1.82, 2.24) is 9.13 Å². The first kappa shape index (κ1) is 20.9. The van der Waals surface area contributed by atoms with Gasteiger partial charge in [-0.3, -0.25) is 18.7 Å². The molecule has 0 radical (unpaired) electrons. The molecule has 2 aromatic rings. The van der Waals surface area contributed by atoms with Gasteiger partial charge in [-0.2, -0.15) is 0 Å². The Bertz CT molecular complexity index is 964. The Hall–Kier alpha value is -2.45. The van der Waals surface area contributed by atoms with Crippen molar-refractivity contribution >= 4 is 23.2 Å². The van der Waals surface area contributed by atoms with Crippen LogP contribution in [0.25, 0.3) is 0 Å². The molecule has 0 amide bonds. The van der Waals surface area contributed by atoms with Crippen LogP contribution in [-0.2, 0) is 20.1 Å². The van der Waals surface area contributed by atoms with Crippen molar-refractivity contribution in [2.75, 3.05) is 19.3 Å². The highest BCUT2D eigenvalue weighted by Crippen LogP contribution is 2.17. The molecule has 0 spiro atoms. The summed E-state index contributed by atoms with van der Waals surface area (Å²) in [5.74, 6) is -1.10. The number of nitrogens with zero attached hydrogens (tertiary/aromatic N) is 2. The molecule has 0 saturated heterocycles. The quantitative estimate of drug-likeness (QED) is 0.654. The van der Waals surface area contributed by atoms with E-state index in [0.29, 0.717) is 23.4 Å². The Morgan fingerprint density at radius 2 is 2.00 bits per heavy atom. The van der Waals surface area contributed by atoms with Gasteiger partial charge in [0.2, 0.25) is 5.78 Å². The summed E-state index contributed by atoms with van der Waals surface area (Å²) >= 11 is 6.02. The molecule has 1 unspecified atom stereocenters. The molecule has 146 valence electrons. The summed E-state index contributed by atoms with van der Waals surface area (Å²) in [5.41, 5.74) is 4.74. The molecule has 27 heavy (non-hydrogen) atoms. The highest BCUT2D eigenvalue weighted by molar-refractivity contribution is 6.31. The fourth-order valence-electron chi connectivity index (χ4n) is 2.91. The molecule has 1 aromatic carbocycles. The lowest BCUT2D eigenvalue weighted by Gasteiger charge is -2.17. The van der Waals surface area contributed by atoms with Crippen LogP contribution in [0.2, 0.25) is 5.02 Å². The minimum Gasteiger partial charge on any atom is -0.384 e. The topological polar surface area (TPSA) is 91.5 Å². The molecule has 0 fully saturated rings. The molecule has 3 N–H and O–H groups in total. The zero-order chi connectivity index (χ0) is 20.3. The van der Waals surface area contributed by atoms with E-state index in [2.05, 4.69) is 0 Å². The van der Waals surface area contributed by atoms with E-state index in [4.69, 9.17) is 17.3 Å². The van der Waals surface area contributed by atoms with Gasteiger partial charge in [0, 0.05) is 13.6 Å². The molecule has 7 nitrogen and oxygen atoms in total. The molecule has 1 aromatic heterocycles. The van der Waals surface area contributed by atoms with Crippen molar-refractivity contribution < 1.29 is 14.1 Å². The van der Waals surface area contributed by atoms with Crippen molar-refractivity contribution in [3.63, 3.8) is 0 Å². The molecule has 0 aliphatic rings. The van der Waals surface area contributed by atoms with Gasteiger partial charge in [-0.05, 0) is 18.6 Å². The Labute approximate surface area is 160 Å². The number of hydrogen-bond acceptors (Lipinski definition) is 4. The lowest BCUT2D eigenvalue weighted by Crippen LogP contribution is -3.08. The number of carbonyl (C=O) groups excluding carboxylic acids is 1. The summed E-state index contributed by atoms with van der Waals surface area (Å²) in [7, 11) is 2.99. The fraction of sp³-hybridized carbons (Fsp3) is 0.389. The standard InChI is InChI=1S/C18H22ClFN4O3/c1-4-8-24-16(21)15(17(26)23(3)18(24)27)14(25)10-22(2)9-11-12(19)6-5-7-13(11)20/h5-7H,4,8-10,21H2,1-3H3/p+1. The molecule has 0 saturated carbocycles. The molecule has 2 rings (SSSR count). The van der Waals surface area contributed by atoms with Crippen LogP contribution in [0.4, 0.5) is 10.2 Å². The maximum absolute atomic E-state index is 13.9. The molecular formula is C18H23ClFN4O3+. The van der Waals surface area contributed by atoms with Gasteiger partial charge >= 0.3 is 5.69 Å². The number of benzene rings is 1. The summed E-state index contributed by atoms with van der Waals surface area (Å²) in [6, 6.07) is 4.37. The molecule has 0 aliphatic heterocycles. The number of rotatable bonds is 7. The van der Waals surface area contributed by atoms with Crippen LogP contribution >= 0.6 is 11.6 Å². The Kier molecular flexibility index (Phi) is 6.56. The normalized spacial score (nSPS) is 12.2. The SMILES string of the molecule is CCCn1c(N)c(C(=O)C[NH+](C)Cc2c(F)cccc2Cl)c(=O)n(C)c1=O. The van der Waals surface area contributed by atoms with E-state index >= 15 is 0 Å². The van der Waals surface area contributed by atoms with E-state index < -0.39 is 22.8 Å². The van der Waals surface area contributed by atoms with Gasteiger partial charge < -0.3 is 10.6 Å². The average Bonchev–Trinajstić information content (AvgIpc) is 2.60. The number of anilines is 1. The van der Waals surface area contributed by atoms with E-state index in [-0.39, 0.29) is 29.5 Å². The average molecular weight is 398 g/mol. The van der Waals surface area contributed by atoms with Crippen LogP contribution in [0.15, 0.2) is 27.8 Å². The Morgan fingerprint density at radius 3 is 2.59 bits per heavy atom. The van der Waals surface area contributed by atoms with E-state index in [1.54, 1.807) is 13.1 Å². The Morgan fingerprint density at radius 1 is 1.33 bits per heavy atom. The number of hydrogen-bond donors (Lipinski definition) is 2. The molecule has 9 heteroatoms. The number of likely N-dealkylation sites (N-methyl/N-ethyl adjacent to an activating group) is 1. The third kappa shape index (κ3) is 4.28. The number of aromatic nitrogens is 2. The van der Waals surface area contributed by atoms with Gasteiger partial charge in [-0.25, -0.2) is 9.18 Å². The summed E-state index contributed by atoms with van der Waals surface area (Å²) in [6.07, 6.45) is 0.618. The number of halogens is 2. The number of ketones is 1. The second-order valence-corrected chi connectivity index (χ2v) is 6.90. The predicted octanol–water partition coefficient (Wildman–Crippen LogP) is 0.229. The largest absolute Gasteiger partial charge is 0.384 e. The fourth-order valence-corrected chi connectivity index (χ4v) is 3.14. The maximum atomic E-state index is 13.9. The number of carbonyl (C=O) groups is 1. The van der Waals surface area contributed by atoms with Crippen molar-refractivity contribution in [1.29, 1.82) is 0 Å². The third-order valence-electron chi connectivity index (χ3n) is 4.31. The smallest absolute Gasteiger partial charge is 0.332 e. The van der Waals surface area contributed by atoms with Gasteiger partial charge in [0.25, 0.3) is 5.56 Å². The van der Waals surface area contributed by atoms with Crippen molar-refractivity contribution in [2.45, 2.75) is 26.4 Å². The first-order valence-corrected chi connectivity index (χ1v) is 8.93. The van der Waals surface area contributed by atoms with Gasteiger partial charge in [-0.1, -0.05) is 24.6 Å². The first-order chi connectivity index (χ1) is 12.7. The van der Waals surface area contributed by atoms with Crippen molar-refractivity contribution in [3.05, 3.63) is 61.0 Å². The van der Waals surface area contributed by atoms with Crippen LogP contribution in [-0.4, -0.2) is 28.5 Å². The lowest BCUT2D eigenvalue weighted by atomic mass is 10.1. The molecular weight excluding hydrogens is 375 g/mol. The monoisotopic (exact) mass is 397 g/mol. The molecule has 1 atom stereocenters. The second kappa shape index (κ2) is 8.49. The van der Waals surface area contributed by atoms with E-state index in [1.807, 2.05) is 6.92 Å². The molecule has 0 aliphatic carbocycles. The van der Waals surface area contributed by atoms with E-state index in [1.165, 1.54) is 23.7 Å². The lowest BCUT2D eigenvalue weighted by molar-refractivity contribution is -0.885. The van der Waals surface area contributed by atoms with Gasteiger partial charge in [0.1, 0.15) is 30.3 Å². The van der Waals surface area contributed by atoms with Gasteiger partial charge in [-0.15, -0.1) is 0 Å². The third-order valence-corrected chi connectivity index (χ3v) is 4.67. The number of Topliss-reactive ketones (excluding diaryl/α,β-unsaturated/α-hetero) is 1. The molecule has 1 heterocycles. The predicted molar refractivity (Wildman–Crippen MR) is 102 cm³/mol. The van der Waals surface area contributed by atoms with Crippen molar-refractivity contribution in [3.8, 4) is 0 Å². The van der Waals surface area contributed by atoms with Crippen LogP contribution in [0.3, 0.4) is 0 Å². The highest BCUT2D eigenvalue weighted by Gasteiger charge is 2.24. The second-order valence-electron chi connectivity index (χ2n) is 6.49. The summed E-state index contributed by atoms with van der Waals surface area (Å²) in [5, 5.41) is 0.272. The zero-order valence-electron chi connectivity index (χ0n) is 15.5.